The van der Waals surface area contributed by atoms with Gasteiger partial charge in [0.05, 0.1) is 38.0 Å². The molecule has 3 aromatic rings. The van der Waals surface area contributed by atoms with Crippen molar-refractivity contribution >= 4 is 15.7 Å². The van der Waals surface area contributed by atoms with Gasteiger partial charge in [0.2, 0.25) is 0 Å². The van der Waals surface area contributed by atoms with Crippen LogP contribution in [0.1, 0.15) is 29.2 Å². The highest BCUT2D eigenvalue weighted by molar-refractivity contribution is 7.89. The molecule has 0 fully saturated rings. The van der Waals surface area contributed by atoms with Crippen molar-refractivity contribution in [3.8, 4) is 17.2 Å². The number of nitrogens with zero attached hydrogens (tertiary/aromatic N) is 2. The molecule has 0 aliphatic carbocycles. The van der Waals surface area contributed by atoms with Crippen LogP contribution in [-0.2, 0) is 10.0 Å². The average Bonchev–Trinajstić information content (AvgIpc) is 3.30. The number of para-hydroxylation sites is 1. The van der Waals surface area contributed by atoms with Gasteiger partial charge in [0.25, 0.3) is 10.0 Å². The molecule has 1 aliphatic heterocycles. The summed E-state index contributed by atoms with van der Waals surface area (Å²) in [5, 5.41) is 4.61. The molecule has 0 amide bonds. The first-order valence-corrected chi connectivity index (χ1v) is 11.9. The molecule has 0 N–H and O–H groups in total. The van der Waals surface area contributed by atoms with Gasteiger partial charge in [-0.05, 0) is 37.3 Å². The van der Waals surface area contributed by atoms with E-state index in [1.807, 2.05) is 37.3 Å². The molecule has 4 rings (SSSR count). The molecule has 0 spiro atoms. The van der Waals surface area contributed by atoms with E-state index < -0.39 is 16.1 Å². The van der Waals surface area contributed by atoms with Crippen molar-refractivity contribution in [3.63, 3.8) is 0 Å². The molecule has 172 valence electrons. The summed E-state index contributed by atoms with van der Waals surface area (Å²) in [6, 6.07) is 19.0. The van der Waals surface area contributed by atoms with E-state index in [4.69, 9.17) is 14.2 Å². The topological polar surface area (TPSA) is 77.4 Å². The van der Waals surface area contributed by atoms with Crippen LogP contribution in [0.4, 0.5) is 0 Å². The number of methoxy groups -OCH3 is 3. The summed E-state index contributed by atoms with van der Waals surface area (Å²) in [4.78, 5) is 0.180. The first-order valence-electron chi connectivity index (χ1n) is 10.4. The molecule has 3 aromatic carbocycles. The summed E-state index contributed by atoms with van der Waals surface area (Å²) in [6.07, 6.45) is 0.355. The average molecular weight is 467 g/mol. The summed E-state index contributed by atoms with van der Waals surface area (Å²) < 4.78 is 45.0. The first-order chi connectivity index (χ1) is 15.9. The Bertz CT molecular complexity index is 1290. The number of hydrazone groups is 1. The Morgan fingerprint density at radius 1 is 0.879 bits per heavy atom. The maximum atomic E-state index is 13.7. The van der Waals surface area contributed by atoms with Crippen molar-refractivity contribution < 1.29 is 22.6 Å². The van der Waals surface area contributed by atoms with Gasteiger partial charge >= 0.3 is 0 Å². The molecule has 1 atom stereocenters. The van der Waals surface area contributed by atoms with Crippen molar-refractivity contribution in [2.24, 2.45) is 5.10 Å². The predicted molar refractivity (Wildman–Crippen MR) is 127 cm³/mol. The maximum absolute atomic E-state index is 13.7. The Hall–Kier alpha value is -3.52. The van der Waals surface area contributed by atoms with Crippen LogP contribution in [0, 0.1) is 6.92 Å². The number of rotatable bonds is 7. The van der Waals surface area contributed by atoms with E-state index >= 15 is 0 Å². The summed E-state index contributed by atoms with van der Waals surface area (Å²) >= 11 is 0. The second-order valence-corrected chi connectivity index (χ2v) is 9.46. The van der Waals surface area contributed by atoms with Gasteiger partial charge in [-0.3, -0.25) is 0 Å². The van der Waals surface area contributed by atoms with Gasteiger partial charge in [-0.25, -0.2) is 0 Å². The molecule has 1 aliphatic rings. The maximum Gasteiger partial charge on any atom is 0.279 e. The molecule has 8 heteroatoms. The monoisotopic (exact) mass is 466 g/mol. The van der Waals surface area contributed by atoms with Gasteiger partial charge < -0.3 is 14.2 Å². The Kier molecular flexibility index (Phi) is 6.29. The Morgan fingerprint density at radius 2 is 1.58 bits per heavy atom. The minimum absolute atomic E-state index is 0.180. The van der Waals surface area contributed by atoms with Crippen LogP contribution < -0.4 is 14.2 Å². The number of sulfonamides is 1. The molecular formula is C25H26N2O5S. The largest absolute Gasteiger partial charge is 0.497 e. The van der Waals surface area contributed by atoms with E-state index in [1.54, 1.807) is 57.7 Å². The molecule has 7 nitrogen and oxygen atoms in total. The van der Waals surface area contributed by atoms with Crippen LogP contribution in [-0.4, -0.2) is 39.9 Å². The lowest BCUT2D eigenvalue weighted by atomic mass is 9.98. The van der Waals surface area contributed by atoms with Crippen molar-refractivity contribution in [3.05, 3.63) is 83.4 Å². The standard InChI is InChI=1S/C25H26N2O5S/c1-17-9-12-19(13-10-17)33(28,29)27-23(21-7-5-6-8-24(21)31-3)16-22(26-27)20-14-11-18(30-2)15-25(20)32-4/h5-15,23H,16H2,1-4H3/t23-/m1/s1. The molecule has 0 radical (unpaired) electrons. The lowest BCUT2D eigenvalue weighted by molar-refractivity contribution is 0.350. The molecule has 0 bridgehead atoms. The minimum Gasteiger partial charge on any atom is -0.497 e. The molecule has 1 heterocycles. The van der Waals surface area contributed by atoms with Crippen LogP contribution in [0.3, 0.4) is 0 Å². The Labute approximate surface area is 194 Å². The smallest absolute Gasteiger partial charge is 0.279 e. The van der Waals surface area contributed by atoms with E-state index in [0.717, 1.165) is 11.1 Å². The van der Waals surface area contributed by atoms with Crippen LogP contribution in [0.15, 0.2) is 76.7 Å². The number of hydrogen-bond donors (Lipinski definition) is 0. The Morgan fingerprint density at radius 3 is 2.24 bits per heavy atom. The molecule has 0 saturated heterocycles. The molecule has 33 heavy (non-hydrogen) atoms. The molecule has 0 saturated carbocycles. The quantitative estimate of drug-likeness (QED) is 0.510. The number of hydrogen-bond acceptors (Lipinski definition) is 6. The summed E-state index contributed by atoms with van der Waals surface area (Å²) in [6.45, 7) is 1.91. The summed E-state index contributed by atoms with van der Waals surface area (Å²) in [5.74, 6) is 1.80. The number of ether oxygens (including phenoxy) is 3. The second kappa shape index (κ2) is 9.15. The fourth-order valence-electron chi connectivity index (χ4n) is 3.90. The predicted octanol–water partition coefficient (Wildman–Crippen LogP) is 4.56. The molecule has 0 unspecified atom stereocenters. The highest BCUT2D eigenvalue weighted by atomic mass is 32.2. The third-order valence-electron chi connectivity index (χ3n) is 5.66. The molecule has 0 aromatic heterocycles. The van der Waals surface area contributed by atoms with Crippen molar-refractivity contribution in [2.75, 3.05) is 21.3 Å². The van der Waals surface area contributed by atoms with E-state index in [0.29, 0.717) is 34.9 Å². The summed E-state index contributed by atoms with van der Waals surface area (Å²) in [7, 11) is 0.784. The fourth-order valence-corrected chi connectivity index (χ4v) is 5.33. The zero-order valence-electron chi connectivity index (χ0n) is 19.0. The van der Waals surface area contributed by atoms with E-state index in [2.05, 4.69) is 5.10 Å². The lowest BCUT2D eigenvalue weighted by Crippen LogP contribution is -2.27. The zero-order chi connectivity index (χ0) is 23.6. The lowest BCUT2D eigenvalue weighted by Gasteiger charge is -2.24. The number of benzene rings is 3. The van der Waals surface area contributed by atoms with Crippen LogP contribution in [0.2, 0.25) is 0 Å². The normalized spacial score (nSPS) is 15.8. The van der Waals surface area contributed by atoms with Crippen LogP contribution in [0.25, 0.3) is 0 Å². The first kappa shape index (κ1) is 22.7. The van der Waals surface area contributed by atoms with Crippen molar-refractivity contribution in [1.29, 1.82) is 0 Å². The van der Waals surface area contributed by atoms with Gasteiger partial charge in [-0.1, -0.05) is 35.9 Å². The van der Waals surface area contributed by atoms with Gasteiger partial charge in [0.15, 0.2) is 0 Å². The Balaban J connectivity index is 1.85. The van der Waals surface area contributed by atoms with E-state index in [1.165, 1.54) is 4.41 Å². The third-order valence-corrected chi connectivity index (χ3v) is 7.35. The zero-order valence-corrected chi connectivity index (χ0v) is 19.8. The molecular weight excluding hydrogens is 440 g/mol. The SMILES string of the molecule is COc1ccc(C2=NN(S(=O)(=O)c3ccc(C)cc3)[C@@H](c3ccccc3OC)C2)c(OC)c1. The van der Waals surface area contributed by atoms with Crippen LogP contribution >= 0.6 is 0 Å². The minimum atomic E-state index is -3.93. The second-order valence-electron chi connectivity index (χ2n) is 7.67. The third kappa shape index (κ3) is 4.26. The van der Waals surface area contributed by atoms with E-state index in [9.17, 15) is 8.42 Å². The van der Waals surface area contributed by atoms with Gasteiger partial charge in [0, 0.05) is 23.6 Å². The van der Waals surface area contributed by atoms with Gasteiger partial charge in [-0.2, -0.15) is 17.9 Å². The van der Waals surface area contributed by atoms with Gasteiger partial charge in [-0.15, -0.1) is 0 Å². The van der Waals surface area contributed by atoms with Crippen molar-refractivity contribution in [2.45, 2.75) is 24.3 Å². The van der Waals surface area contributed by atoms with Gasteiger partial charge in [0.1, 0.15) is 17.2 Å². The van der Waals surface area contributed by atoms with E-state index in [-0.39, 0.29) is 4.90 Å². The highest BCUT2D eigenvalue weighted by Gasteiger charge is 2.39. The van der Waals surface area contributed by atoms with Crippen LogP contribution in [0.5, 0.6) is 17.2 Å². The highest BCUT2D eigenvalue weighted by Crippen LogP contribution is 2.42. The summed E-state index contributed by atoms with van der Waals surface area (Å²) in [5.41, 5.74) is 3.02. The number of aryl methyl sites for hydroxylation is 1. The fraction of sp³-hybridized carbons (Fsp3) is 0.240. The van der Waals surface area contributed by atoms with Crippen molar-refractivity contribution in [1.82, 2.24) is 4.41 Å².